The van der Waals surface area contributed by atoms with E-state index in [-0.39, 0.29) is 11.9 Å². The van der Waals surface area contributed by atoms with Crippen LogP contribution in [0.5, 0.6) is 0 Å². The highest BCUT2D eigenvalue weighted by atomic mass is 15.1. The van der Waals surface area contributed by atoms with E-state index in [1.54, 1.807) is 0 Å². The van der Waals surface area contributed by atoms with Crippen LogP contribution in [0.2, 0.25) is 0 Å². The van der Waals surface area contributed by atoms with Crippen LogP contribution in [-0.4, -0.2) is 15.0 Å². The second-order valence-corrected chi connectivity index (χ2v) is 3.54. The van der Waals surface area contributed by atoms with Crippen LogP contribution in [0.15, 0.2) is 0 Å². The first kappa shape index (κ1) is 8.22. The molecule has 1 fully saturated rings. The summed E-state index contributed by atoms with van der Waals surface area (Å²) in [6, 6.07) is 0. The summed E-state index contributed by atoms with van der Waals surface area (Å²) in [4.78, 5) is 11.9. The minimum absolute atomic E-state index is 0.218. The molecule has 1 aliphatic carbocycles. The topological polar surface area (TPSA) is 90.7 Å². The van der Waals surface area contributed by atoms with E-state index in [9.17, 15) is 0 Å². The monoisotopic (exact) mass is 179 g/mol. The Morgan fingerprint density at radius 3 is 2.15 bits per heavy atom. The molecule has 0 radical (unpaired) electrons. The lowest BCUT2D eigenvalue weighted by Crippen LogP contribution is -2.10. The molecule has 5 heteroatoms. The van der Waals surface area contributed by atoms with E-state index in [2.05, 4.69) is 21.9 Å². The predicted molar refractivity (Wildman–Crippen MR) is 49.8 cm³/mol. The molecule has 0 spiro atoms. The number of rotatable bonds is 2. The van der Waals surface area contributed by atoms with Crippen LogP contribution in [-0.2, 0) is 0 Å². The molecule has 1 aromatic heterocycles. The van der Waals surface area contributed by atoms with Crippen molar-refractivity contribution in [3.8, 4) is 0 Å². The van der Waals surface area contributed by atoms with Crippen molar-refractivity contribution in [1.29, 1.82) is 0 Å². The molecule has 1 aromatic rings. The first-order valence-corrected chi connectivity index (χ1v) is 4.43. The lowest BCUT2D eigenvalue weighted by Gasteiger charge is -2.08. The van der Waals surface area contributed by atoms with Gasteiger partial charge in [0.1, 0.15) is 5.82 Å². The SMILES string of the molecule is C[C@@H](c1nc(N)nc(N)n1)C1CC1. The summed E-state index contributed by atoms with van der Waals surface area (Å²) in [5.41, 5.74) is 11.0. The highest BCUT2D eigenvalue weighted by molar-refractivity contribution is 5.27. The summed E-state index contributed by atoms with van der Waals surface area (Å²) < 4.78 is 0. The molecular weight excluding hydrogens is 166 g/mol. The van der Waals surface area contributed by atoms with Gasteiger partial charge in [-0.3, -0.25) is 0 Å². The molecule has 0 saturated heterocycles. The standard InChI is InChI=1S/C8H13N5/c1-4(5-2-3-5)6-11-7(9)13-8(10)12-6/h4-5H,2-3H2,1H3,(H4,9,10,11,12,13)/t4-/m1/s1. The molecule has 0 bridgehead atoms. The molecule has 4 N–H and O–H groups in total. The van der Waals surface area contributed by atoms with Gasteiger partial charge in [0.05, 0.1) is 0 Å². The number of hydrogen-bond donors (Lipinski definition) is 2. The maximum absolute atomic E-state index is 5.48. The fraction of sp³-hybridized carbons (Fsp3) is 0.625. The zero-order chi connectivity index (χ0) is 9.42. The molecule has 2 rings (SSSR count). The Morgan fingerprint density at radius 2 is 1.69 bits per heavy atom. The Hall–Kier alpha value is -1.39. The number of hydrogen-bond acceptors (Lipinski definition) is 5. The molecule has 1 atom stereocenters. The summed E-state index contributed by atoms with van der Waals surface area (Å²) >= 11 is 0. The van der Waals surface area contributed by atoms with Crippen LogP contribution in [0.1, 0.15) is 31.5 Å². The van der Waals surface area contributed by atoms with Gasteiger partial charge in [0.2, 0.25) is 11.9 Å². The summed E-state index contributed by atoms with van der Waals surface area (Å²) in [6.07, 6.45) is 2.51. The third-order valence-corrected chi connectivity index (χ3v) is 2.42. The van der Waals surface area contributed by atoms with E-state index in [1.165, 1.54) is 12.8 Å². The molecule has 70 valence electrons. The van der Waals surface area contributed by atoms with E-state index >= 15 is 0 Å². The van der Waals surface area contributed by atoms with Gasteiger partial charge < -0.3 is 11.5 Å². The van der Waals surface area contributed by atoms with Crippen LogP contribution in [0, 0.1) is 5.92 Å². The first-order chi connectivity index (χ1) is 6.16. The largest absolute Gasteiger partial charge is 0.368 e. The van der Waals surface area contributed by atoms with Gasteiger partial charge in [-0.15, -0.1) is 0 Å². The van der Waals surface area contributed by atoms with Crippen molar-refractivity contribution in [2.45, 2.75) is 25.7 Å². The molecule has 1 aliphatic rings. The predicted octanol–water partition coefficient (Wildman–Crippen LogP) is 0.550. The summed E-state index contributed by atoms with van der Waals surface area (Å²) in [5.74, 6) is 2.23. The first-order valence-electron chi connectivity index (χ1n) is 4.43. The lowest BCUT2D eigenvalue weighted by atomic mass is 10.1. The van der Waals surface area contributed by atoms with Crippen LogP contribution in [0.4, 0.5) is 11.9 Å². The smallest absolute Gasteiger partial charge is 0.225 e. The van der Waals surface area contributed by atoms with Crippen LogP contribution in [0.25, 0.3) is 0 Å². The average molecular weight is 179 g/mol. The number of nitrogen functional groups attached to an aromatic ring is 2. The molecule has 1 heterocycles. The fourth-order valence-electron chi connectivity index (χ4n) is 1.44. The van der Waals surface area contributed by atoms with Crippen molar-refractivity contribution < 1.29 is 0 Å². The van der Waals surface area contributed by atoms with Crippen molar-refractivity contribution in [1.82, 2.24) is 15.0 Å². The minimum atomic E-state index is 0.218. The third-order valence-electron chi connectivity index (χ3n) is 2.42. The minimum Gasteiger partial charge on any atom is -0.368 e. The van der Waals surface area contributed by atoms with Gasteiger partial charge in [0, 0.05) is 5.92 Å². The molecule has 5 nitrogen and oxygen atoms in total. The van der Waals surface area contributed by atoms with Crippen LogP contribution >= 0.6 is 0 Å². The molecule has 0 aliphatic heterocycles. The molecule has 0 amide bonds. The average Bonchev–Trinajstić information content (AvgIpc) is 2.83. The van der Waals surface area contributed by atoms with Crippen LogP contribution in [0.3, 0.4) is 0 Å². The lowest BCUT2D eigenvalue weighted by molar-refractivity contribution is 0.619. The van der Waals surface area contributed by atoms with Crippen molar-refractivity contribution in [3.63, 3.8) is 0 Å². The van der Waals surface area contributed by atoms with Gasteiger partial charge in [-0.25, -0.2) is 0 Å². The highest BCUT2D eigenvalue weighted by Gasteiger charge is 2.31. The Morgan fingerprint density at radius 1 is 1.15 bits per heavy atom. The summed E-state index contributed by atoms with van der Waals surface area (Å²) in [7, 11) is 0. The van der Waals surface area contributed by atoms with E-state index < -0.39 is 0 Å². The number of anilines is 2. The van der Waals surface area contributed by atoms with Gasteiger partial charge in [-0.05, 0) is 18.8 Å². The number of nitrogens with two attached hydrogens (primary N) is 2. The summed E-state index contributed by atoms with van der Waals surface area (Å²) in [5, 5.41) is 0. The van der Waals surface area contributed by atoms with Gasteiger partial charge >= 0.3 is 0 Å². The second kappa shape index (κ2) is 2.83. The number of nitrogens with zero attached hydrogens (tertiary/aromatic N) is 3. The van der Waals surface area contributed by atoms with E-state index in [0.29, 0.717) is 11.8 Å². The Balaban J connectivity index is 2.27. The fourth-order valence-corrected chi connectivity index (χ4v) is 1.44. The Bertz CT molecular complexity index is 300. The molecule has 0 unspecified atom stereocenters. The third kappa shape index (κ3) is 1.68. The summed E-state index contributed by atoms with van der Waals surface area (Å²) in [6.45, 7) is 2.10. The zero-order valence-electron chi connectivity index (χ0n) is 7.57. The highest BCUT2D eigenvalue weighted by Crippen LogP contribution is 2.41. The zero-order valence-corrected chi connectivity index (χ0v) is 7.57. The van der Waals surface area contributed by atoms with Crippen molar-refractivity contribution in [3.05, 3.63) is 5.82 Å². The maximum atomic E-state index is 5.48. The van der Waals surface area contributed by atoms with Gasteiger partial charge in [-0.2, -0.15) is 15.0 Å². The second-order valence-electron chi connectivity index (χ2n) is 3.54. The van der Waals surface area contributed by atoms with E-state index in [0.717, 1.165) is 5.82 Å². The van der Waals surface area contributed by atoms with Crippen molar-refractivity contribution >= 4 is 11.9 Å². The van der Waals surface area contributed by atoms with Gasteiger partial charge in [0.25, 0.3) is 0 Å². The molecule has 1 saturated carbocycles. The van der Waals surface area contributed by atoms with Gasteiger partial charge in [0.15, 0.2) is 0 Å². The molecular formula is C8H13N5. The quantitative estimate of drug-likeness (QED) is 0.691. The van der Waals surface area contributed by atoms with Crippen LogP contribution < -0.4 is 11.5 Å². The van der Waals surface area contributed by atoms with Gasteiger partial charge in [-0.1, -0.05) is 6.92 Å². The van der Waals surface area contributed by atoms with Crippen molar-refractivity contribution in [2.75, 3.05) is 11.5 Å². The molecule has 0 aromatic carbocycles. The van der Waals surface area contributed by atoms with E-state index in [4.69, 9.17) is 11.5 Å². The Labute approximate surface area is 76.6 Å². The normalized spacial score (nSPS) is 18.5. The van der Waals surface area contributed by atoms with Crippen molar-refractivity contribution in [2.24, 2.45) is 5.92 Å². The maximum Gasteiger partial charge on any atom is 0.225 e. The Kier molecular flexibility index (Phi) is 1.79. The molecule has 13 heavy (non-hydrogen) atoms. The van der Waals surface area contributed by atoms with E-state index in [1.807, 2.05) is 0 Å². The number of aromatic nitrogens is 3.